The van der Waals surface area contributed by atoms with Crippen LogP contribution in [0.5, 0.6) is 0 Å². The summed E-state index contributed by atoms with van der Waals surface area (Å²) in [5.41, 5.74) is 8.38. The second kappa shape index (κ2) is 5.73. The van der Waals surface area contributed by atoms with Gasteiger partial charge in [-0.05, 0) is 37.5 Å². The lowest BCUT2D eigenvalue weighted by molar-refractivity contribution is 0.758. The SMILES string of the molecule is CC(N)c1ccc(Br)cc1N(CCC#N)C1CC1. The normalized spacial score (nSPS) is 16.1. The molecular formula is C14H18BrN3. The molecule has 1 aromatic carbocycles. The Kier molecular flexibility index (Phi) is 4.26. The standard InChI is InChI=1S/C14H18BrN3/c1-10(17)13-6-3-11(15)9-14(13)18(8-2-7-16)12-4-5-12/h3,6,9-10,12H,2,4-5,8,17H2,1H3. The van der Waals surface area contributed by atoms with Gasteiger partial charge in [0.1, 0.15) is 0 Å². The molecule has 2 N–H and O–H groups in total. The smallest absolute Gasteiger partial charge is 0.0640 e. The zero-order valence-corrected chi connectivity index (χ0v) is 12.2. The van der Waals surface area contributed by atoms with E-state index in [0.29, 0.717) is 12.5 Å². The van der Waals surface area contributed by atoms with Crippen LogP contribution in [0.3, 0.4) is 0 Å². The molecular weight excluding hydrogens is 290 g/mol. The van der Waals surface area contributed by atoms with Crippen molar-refractivity contribution in [3.63, 3.8) is 0 Å². The van der Waals surface area contributed by atoms with Crippen molar-refractivity contribution in [2.75, 3.05) is 11.4 Å². The van der Waals surface area contributed by atoms with Crippen LogP contribution in [0.25, 0.3) is 0 Å². The van der Waals surface area contributed by atoms with Gasteiger partial charge in [-0.25, -0.2) is 0 Å². The topological polar surface area (TPSA) is 53.0 Å². The molecule has 3 nitrogen and oxygen atoms in total. The van der Waals surface area contributed by atoms with E-state index in [9.17, 15) is 0 Å². The van der Waals surface area contributed by atoms with Gasteiger partial charge < -0.3 is 10.6 Å². The average molecular weight is 308 g/mol. The minimum atomic E-state index is 0.0106. The van der Waals surface area contributed by atoms with Gasteiger partial charge in [0.05, 0.1) is 12.5 Å². The molecule has 0 saturated heterocycles. The van der Waals surface area contributed by atoms with Gasteiger partial charge in [-0.2, -0.15) is 5.26 Å². The van der Waals surface area contributed by atoms with Gasteiger partial charge in [-0.1, -0.05) is 22.0 Å². The first-order valence-electron chi connectivity index (χ1n) is 6.32. The van der Waals surface area contributed by atoms with Gasteiger partial charge >= 0.3 is 0 Å². The lowest BCUT2D eigenvalue weighted by atomic mass is 10.1. The molecule has 0 radical (unpaired) electrons. The molecule has 1 aliphatic rings. The van der Waals surface area contributed by atoms with E-state index in [-0.39, 0.29) is 6.04 Å². The Labute approximate surface area is 117 Å². The average Bonchev–Trinajstić information content (AvgIpc) is 3.13. The quantitative estimate of drug-likeness (QED) is 0.907. The first-order valence-corrected chi connectivity index (χ1v) is 7.11. The molecule has 0 amide bonds. The van der Waals surface area contributed by atoms with Crippen molar-refractivity contribution in [2.45, 2.75) is 38.3 Å². The maximum atomic E-state index is 8.79. The second-order valence-electron chi connectivity index (χ2n) is 4.82. The van der Waals surface area contributed by atoms with Crippen LogP contribution in [-0.4, -0.2) is 12.6 Å². The van der Waals surface area contributed by atoms with Crippen LogP contribution >= 0.6 is 15.9 Å². The highest BCUT2D eigenvalue weighted by atomic mass is 79.9. The Bertz CT molecular complexity index is 461. The van der Waals surface area contributed by atoms with Crippen LogP contribution < -0.4 is 10.6 Å². The lowest BCUT2D eigenvalue weighted by Gasteiger charge is -2.27. The van der Waals surface area contributed by atoms with Crippen molar-refractivity contribution in [3.8, 4) is 6.07 Å². The van der Waals surface area contributed by atoms with Crippen molar-refractivity contribution in [1.82, 2.24) is 0 Å². The van der Waals surface area contributed by atoms with E-state index in [1.807, 2.05) is 13.0 Å². The van der Waals surface area contributed by atoms with E-state index in [1.165, 1.54) is 18.5 Å². The van der Waals surface area contributed by atoms with Crippen molar-refractivity contribution < 1.29 is 0 Å². The molecule has 0 spiro atoms. The zero-order chi connectivity index (χ0) is 13.1. The molecule has 4 heteroatoms. The number of nitriles is 1. The van der Waals surface area contributed by atoms with Crippen molar-refractivity contribution in [2.24, 2.45) is 5.73 Å². The van der Waals surface area contributed by atoms with E-state index < -0.39 is 0 Å². The molecule has 1 aliphatic carbocycles. The molecule has 0 bridgehead atoms. The third-order valence-electron chi connectivity index (χ3n) is 3.24. The minimum Gasteiger partial charge on any atom is -0.367 e. The third-order valence-corrected chi connectivity index (χ3v) is 3.74. The number of hydrogen-bond donors (Lipinski definition) is 1. The highest BCUT2D eigenvalue weighted by molar-refractivity contribution is 9.10. The Morgan fingerprint density at radius 3 is 2.83 bits per heavy atom. The highest BCUT2D eigenvalue weighted by Gasteiger charge is 2.30. The lowest BCUT2D eigenvalue weighted by Crippen LogP contribution is -2.28. The second-order valence-corrected chi connectivity index (χ2v) is 5.74. The number of rotatable bonds is 5. The summed E-state index contributed by atoms with van der Waals surface area (Å²) in [5, 5.41) is 8.79. The summed E-state index contributed by atoms with van der Waals surface area (Å²) in [6.45, 7) is 2.79. The predicted molar refractivity (Wildman–Crippen MR) is 77.3 cm³/mol. The summed E-state index contributed by atoms with van der Waals surface area (Å²) in [6.07, 6.45) is 2.99. The molecule has 2 rings (SSSR count). The highest BCUT2D eigenvalue weighted by Crippen LogP contribution is 2.36. The number of benzene rings is 1. The van der Waals surface area contributed by atoms with Gasteiger partial charge in [0.25, 0.3) is 0 Å². The van der Waals surface area contributed by atoms with Crippen molar-refractivity contribution in [1.29, 1.82) is 5.26 Å². The van der Waals surface area contributed by atoms with Crippen LogP contribution in [0.2, 0.25) is 0 Å². The van der Waals surface area contributed by atoms with Gasteiger partial charge in [0.15, 0.2) is 0 Å². The summed E-state index contributed by atoms with van der Waals surface area (Å²) >= 11 is 3.52. The van der Waals surface area contributed by atoms with Gasteiger partial charge in [0.2, 0.25) is 0 Å². The van der Waals surface area contributed by atoms with E-state index in [4.69, 9.17) is 11.0 Å². The number of nitrogens with zero attached hydrogens (tertiary/aromatic N) is 2. The Hall–Kier alpha value is -1.05. The minimum absolute atomic E-state index is 0.0106. The van der Waals surface area contributed by atoms with E-state index in [2.05, 4.69) is 39.0 Å². The number of halogens is 1. The number of nitrogens with two attached hydrogens (primary N) is 1. The van der Waals surface area contributed by atoms with Gasteiger partial charge in [0, 0.05) is 28.8 Å². The summed E-state index contributed by atoms with van der Waals surface area (Å²) in [7, 11) is 0. The molecule has 0 heterocycles. The maximum Gasteiger partial charge on any atom is 0.0640 e. The number of anilines is 1. The van der Waals surface area contributed by atoms with E-state index in [0.717, 1.165) is 16.6 Å². The largest absolute Gasteiger partial charge is 0.367 e. The van der Waals surface area contributed by atoms with E-state index >= 15 is 0 Å². The van der Waals surface area contributed by atoms with Crippen LogP contribution in [0.1, 0.15) is 37.8 Å². The number of hydrogen-bond acceptors (Lipinski definition) is 3. The van der Waals surface area contributed by atoms with Crippen molar-refractivity contribution >= 4 is 21.6 Å². The fraction of sp³-hybridized carbons (Fsp3) is 0.500. The first-order chi connectivity index (χ1) is 8.63. The molecule has 1 saturated carbocycles. The molecule has 0 aliphatic heterocycles. The summed E-state index contributed by atoms with van der Waals surface area (Å²) in [6, 6.07) is 9.05. The van der Waals surface area contributed by atoms with Crippen LogP contribution in [0.4, 0.5) is 5.69 Å². The maximum absolute atomic E-state index is 8.79. The molecule has 1 fully saturated rings. The summed E-state index contributed by atoms with van der Waals surface area (Å²) < 4.78 is 1.06. The zero-order valence-electron chi connectivity index (χ0n) is 10.6. The molecule has 1 aromatic rings. The molecule has 0 aromatic heterocycles. The van der Waals surface area contributed by atoms with Gasteiger partial charge in [-0.15, -0.1) is 0 Å². The van der Waals surface area contributed by atoms with Crippen LogP contribution in [-0.2, 0) is 0 Å². The Morgan fingerprint density at radius 1 is 1.56 bits per heavy atom. The Balaban J connectivity index is 2.33. The Morgan fingerprint density at radius 2 is 2.28 bits per heavy atom. The first kappa shape index (κ1) is 13.4. The summed E-state index contributed by atoms with van der Waals surface area (Å²) in [5.74, 6) is 0. The molecule has 1 atom stereocenters. The van der Waals surface area contributed by atoms with Crippen LogP contribution in [0, 0.1) is 11.3 Å². The molecule has 96 valence electrons. The monoisotopic (exact) mass is 307 g/mol. The molecule has 18 heavy (non-hydrogen) atoms. The fourth-order valence-corrected chi connectivity index (χ4v) is 2.56. The summed E-state index contributed by atoms with van der Waals surface area (Å²) in [4.78, 5) is 2.34. The van der Waals surface area contributed by atoms with Crippen LogP contribution in [0.15, 0.2) is 22.7 Å². The van der Waals surface area contributed by atoms with Gasteiger partial charge in [-0.3, -0.25) is 0 Å². The fourth-order valence-electron chi connectivity index (χ4n) is 2.21. The predicted octanol–water partition coefficient (Wildman–Crippen LogP) is 3.35. The van der Waals surface area contributed by atoms with E-state index in [1.54, 1.807) is 0 Å². The molecule has 1 unspecified atom stereocenters. The third kappa shape index (κ3) is 3.04. The van der Waals surface area contributed by atoms with Crippen molar-refractivity contribution in [3.05, 3.63) is 28.2 Å².